The minimum absolute atomic E-state index is 0.0309. The Bertz CT molecular complexity index is 3090. The van der Waals surface area contributed by atoms with Gasteiger partial charge in [-0.1, -0.05) is 44.5 Å². The van der Waals surface area contributed by atoms with Gasteiger partial charge in [0.2, 0.25) is 17.7 Å². The third-order valence-electron chi connectivity index (χ3n) is 20.3. The summed E-state index contributed by atoms with van der Waals surface area (Å²) in [6, 6.07) is -3.93. The van der Waals surface area contributed by atoms with Gasteiger partial charge in [0, 0.05) is 141 Å². The van der Waals surface area contributed by atoms with E-state index >= 15 is 0 Å². The lowest BCUT2D eigenvalue weighted by Crippen LogP contribution is -2.64. The van der Waals surface area contributed by atoms with E-state index in [1.165, 1.54) is 25.8 Å². The fourth-order valence-corrected chi connectivity index (χ4v) is 13.9. The molecule has 6 rings (SSSR count). The Hall–Kier alpha value is -6.08. The van der Waals surface area contributed by atoms with Crippen molar-refractivity contribution < 1.29 is 118 Å². The lowest BCUT2D eigenvalue weighted by molar-refractivity contribution is -0.282. The number of hydrazine groups is 1. The number of unbranched alkanes of at least 4 members (excludes halogenated alkanes) is 9. The number of amides is 3. The van der Waals surface area contributed by atoms with Crippen LogP contribution in [0.1, 0.15) is 156 Å². The quantitative estimate of drug-likeness (QED) is 0.0132. The van der Waals surface area contributed by atoms with Gasteiger partial charge in [-0.3, -0.25) is 38.3 Å². The molecule has 652 valence electrons. The topological polar surface area (TPSA) is 592 Å². The standard InChI is InChI=1S/C73H131N17O24/c1-44-60(98)61(99)53(40-91)111-69(44)107-28-18-8-13-23-77-32-49(81-75)37-87(33-48(74)34-88(76)25-14-9-19-29-108-70-57(78-45(2)95)65(103)62(100)54(41-92)112-70)52(68(106)73(5,6)7)22-12-17-24-86(35-50-38-89(84-82-50)26-15-10-20-30-109-71-58(79-46(3)96)66(104)63(101)55(42-93)113-71)36-51-39-90(85-83-51)27-16-11-21-31-110-72-59(80-47(4)97)67(105)64(102)56(43-94)114-72/h32,34,38-39,44,52-67,69-72,75,77,91-94,98-105H,8-31,33,35-37,40-43,74,76H2,1-7H3,(H,78,95)(H,79,96)(H,80,97)/b48-34-,49-32-,81-75?/t44-,52+,53-,54-,55-,56-,57-,58-,59-,60-,61+,62+,63+,64+,65-,66-,67-,69-,70-,71-,72-/m1/s1. The van der Waals surface area contributed by atoms with Crippen LogP contribution in [-0.2, 0) is 83.3 Å². The van der Waals surface area contributed by atoms with E-state index in [0.29, 0.717) is 165 Å². The van der Waals surface area contributed by atoms with E-state index in [0.717, 1.165) is 6.42 Å². The number of ether oxygens (including phenoxy) is 8. The molecule has 4 saturated heterocycles. The van der Waals surface area contributed by atoms with Crippen LogP contribution in [-0.4, -0.2) is 338 Å². The largest absolute Gasteiger partial charge is 0.400 e. The lowest BCUT2D eigenvalue weighted by Gasteiger charge is -2.42. The first-order valence-electron chi connectivity index (χ1n) is 39.8. The van der Waals surface area contributed by atoms with Crippen molar-refractivity contribution in [2.45, 2.75) is 294 Å². The highest BCUT2D eigenvalue weighted by atomic mass is 16.7. The number of aromatic nitrogens is 6. The SMILES string of the molecule is CC(=O)N[C@H]1[C@H](OCCCCCN(N)/C=C(\N)CN(C/C(=C/NCCCCCO[C@@H]2O[C@H](CO)[C@H](O)[C@H](O)[C@H]2C)N=N)[C@@H](CCCCN(Cc2cn(CCCCCO[C@@H]3O[C@H](CO)[C@H](O)[C@H](O)[C@H]3NC(C)=O)nn2)Cc2cn(CCCCCO[C@@H]3O[C@H](CO)[C@H](O)[C@H](O)[C@H]3NC(C)=O)nn2)C(=O)C(C)(C)C)O[C@H](CO)[C@H](O)[C@@H]1O. The predicted molar refractivity (Wildman–Crippen MR) is 404 cm³/mol. The van der Waals surface area contributed by atoms with E-state index < -0.39 is 178 Å². The smallest absolute Gasteiger partial charge is 0.217 e. The zero-order valence-corrected chi connectivity index (χ0v) is 67.0. The summed E-state index contributed by atoms with van der Waals surface area (Å²) < 4.78 is 49.9. The number of Topliss-reactive ketones (excluding diaryl/α,β-unsaturated/α-hetero) is 1. The molecule has 4 fully saturated rings. The Kier molecular flexibility index (Phi) is 42.4. The van der Waals surface area contributed by atoms with E-state index in [-0.39, 0.29) is 38.7 Å². The van der Waals surface area contributed by atoms with Crippen LogP contribution in [0.2, 0.25) is 0 Å². The Morgan fingerprint density at radius 1 is 0.561 bits per heavy atom. The van der Waals surface area contributed by atoms with Gasteiger partial charge in [-0.25, -0.2) is 11.4 Å². The van der Waals surface area contributed by atoms with E-state index in [4.69, 9.17) is 55.0 Å². The summed E-state index contributed by atoms with van der Waals surface area (Å²) in [6.07, 6.45) is -3.32. The Labute approximate surface area is 665 Å². The first kappa shape index (κ1) is 96.8. The summed E-state index contributed by atoms with van der Waals surface area (Å²) in [4.78, 5) is 54.9. The molecule has 2 aromatic rings. The van der Waals surface area contributed by atoms with Gasteiger partial charge in [0.25, 0.3) is 0 Å². The minimum atomic E-state index is -1.45. The van der Waals surface area contributed by atoms with Crippen molar-refractivity contribution in [2.24, 2.45) is 28.0 Å². The van der Waals surface area contributed by atoms with Gasteiger partial charge in [-0.05, 0) is 96.4 Å². The minimum Gasteiger partial charge on any atom is -0.400 e. The number of ketones is 1. The van der Waals surface area contributed by atoms with Crippen molar-refractivity contribution in [3.05, 3.63) is 47.6 Å². The van der Waals surface area contributed by atoms with Gasteiger partial charge in [0.15, 0.2) is 30.9 Å². The normalized spacial score (nSPS) is 28.7. The monoisotopic (exact) mass is 1630 g/mol. The zero-order chi connectivity index (χ0) is 83.6. The van der Waals surface area contributed by atoms with Crippen LogP contribution in [0.25, 0.3) is 0 Å². The number of carbonyl (C=O) groups is 4. The molecule has 4 aliphatic heterocycles. The number of nitrogens with zero attached hydrogens (tertiary/aromatic N) is 10. The maximum absolute atomic E-state index is 15.0. The molecule has 6 heterocycles. The molecule has 2 aromatic heterocycles. The number of aliphatic hydroxyl groups excluding tert-OH is 12. The fourth-order valence-electron chi connectivity index (χ4n) is 13.9. The van der Waals surface area contributed by atoms with Crippen LogP contribution in [0.15, 0.2) is 41.3 Å². The first-order valence-corrected chi connectivity index (χ1v) is 39.8. The maximum atomic E-state index is 15.0. The molecule has 41 nitrogen and oxygen atoms in total. The number of carbonyl (C=O) groups excluding carboxylic acids is 4. The maximum Gasteiger partial charge on any atom is 0.217 e. The summed E-state index contributed by atoms with van der Waals surface area (Å²) in [5, 5.41) is 157. The number of nitrogens with one attached hydrogen (secondary N) is 5. The molecule has 0 aliphatic carbocycles. The number of nitrogens with two attached hydrogens (primary N) is 2. The van der Waals surface area contributed by atoms with E-state index in [9.17, 15) is 80.5 Å². The molecule has 21 N–H and O–H groups in total. The van der Waals surface area contributed by atoms with Crippen LogP contribution >= 0.6 is 0 Å². The van der Waals surface area contributed by atoms with Crippen molar-refractivity contribution in [3.8, 4) is 0 Å². The highest BCUT2D eigenvalue weighted by molar-refractivity contribution is 5.88. The van der Waals surface area contributed by atoms with Crippen LogP contribution in [0.3, 0.4) is 0 Å². The lowest BCUT2D eigenvalue weighted by atomic mass is 9.84. The van der Waals surface area contributed by atoms with Gasteiger partial charge in [-0.15, -0.1) is 10.2 Å². The summed E-state index contributed by atoms with van der Waals surface area (Å²) in [7, 11) is 0. The molecule has 114 heavy (non-hydrogen) atoms. The van der Waals surface area contributed by atoms with Crippen molar-refractivity contribution in [1.82, 2.24) is 66.1 Å². The molecule has 0 aromatic carbocycles. The number of aliphatic hydroxyl groups is 12. The fraction of sp³-hybridized carbons (Fsp3) is 0.836. The van der Waals surface area contributed by atoms with Gasteiger partial charge < -0.3 is 131 Å². The second kappa shape index (κ2) is 50.0. The molecule has 4 aliphatic rings. The van der Waals surface area contributed by atoms with Gasteiger partial charge in [0.05, 0.1) is 55.7 Å². The molecule has 0 bridgehead atoms. The van der Waals surface area contributed by atoms with Crippen LogP contribution in [0, 0.1) is 16.9 Å². The van der Waals surface area contributed by atoms with Crippen LogP contribution < -0.4 is 32.8 Å². The molecule has 0 radical (unpaired) electrons. The van der Waals surface area contributed by atoms with Crippen molar-refractivity contribution in [1.29, 1.82) is 5.53 Å². The number of hydrogen-bond acceptors (Lipinski definition) is 36. The van der Waals surface area contributed by atoms with Crippen molar-refractivity contribution in [3.63, 3.8) is 0 Å². The van der Waals surface area contributed by atoms with Crippen LogP contribution in [0.4, 0.5) is 0 Å². The van der Waals surface area contributed by atoms with Gasteiger partial charge in [0.1, 0.15) is 85.3 Å². The summed E-state index contributed by atoms with van der Waals surface area (Å²) in [5.41, 5.74) is 16.4. The highest BCUT2D eigenvalue weighted by Gasteiger charge is 2.49. The second-order valence-electron chi connectivity index (χ2n) is 30.9. The Morgan fingerprint density at radius 2 is 0.956 bits per heavy atom. The number of aryl methyl sites for hydroxylation is 2. The van der Waals surface area contributed by atoms with E-state index in [1.54, 1.807) is 28.7 Å². The van der Waals surface area contributed by atoms with Gasteiger partial charge >= 0.3 is 0 Å². The first-order chi connectivity index (χ1) is 54.4. The molecule has 0 saturated carbocycles. The third-order valence-corrected chi connectivity index (χ3v) is 20.3. The average molecular weight is 1630 g/mol. The van der Waals surface area contributed by atoms with Gasteiger partial charge in [-0.2, -0.15) is 5.11 Å². The molecule has 41 heteroatoms. The molecule has 0 spiro atoms. The van der Waals surface area contributed by atoms with E-state index in [1.807, 2.05) is 38.1 Å². The average Bonchev–Trinajstić information content (AvgIpc) is 0.991. The Morgan fingerprint density at radius 3 is 1.37 bits per heavy atom. The Balaban J connectivity index is 1.13. The summed E-state index contributed by atoms with van der Waals surface area (Å²) in [6.45, 7) is 12.9. The van der Waals surface area contributed by atoms with E-state index in [2.05, 4.69) is 51.9 Å². The molecule has 0 unspecified atom stereocenters. The van der Waals surface area contributed by atoms with Crippen molar-refractivity contribution >= 4 is 23.5 Å². The molecule has 21 atom stereocenters. The molecular weight excluding hydrogens is 1500 g/mol. The summed E-state index contributed by atoms with van der Waals surface area (Å²) in [5.74, 6) is 4.58. The summed E-state index contributed by atoms with van der Waals surface area (Å²) >= 11 is 0. The predicted octanol–water partition coefficient (Wildman–Crippen LogP) is -3.58. The highest BCUT2D eigenvalue weighted by Crippen LogP contribution is 2.30. The zero-order valence-electron chi connectivity index (χ0n) is 67.0. The molecule has 3 amide bonds. The van der Waals surface area contributed by atoms with Crippen molar-refractivity contribution in [2.75, 3.05) is 85.6 Å². The molecular formula is C73H131N17O24. The number of rotatable bonds is 53. The van der Waals surface area contributed by atoms with Crippen LogP contribution in [0.5, 0.6) is 0 Å². The second-order valence-corrected chi connectivity index (χ2v) is 30.9. The third kappa shape index (κ3) is 31.3. The number of hydrogen-bond donors (Lipinski definition) is 19.